The first-order valence-electron chi connectivity index (χ1n) is 5.76. The number of benzene rings is 2. The summed E-state index contributed by atoms with van der Waals surface area (Å²) in [6, 6.07) is 10.6. The molecule has 1 unspecified atom stereocenters. The number of halogens is 3. The average molecular weight is 344 g/mol. The molecular formula is C15H13BrClFO. The molecule has 0 N–H and O–H groups in total. The first kappa shape index (κ1) is 14.4. The lowest BCUT2D eigenvalue weighted by atomic mass is 10.0. The SMILES string of the molecule is COc1ccc(C(Cl)c2ccc(F)c(Br)c2)cc1C. The van der Waals surface area contributed by atoms with Crippen LogP contribution in [0.15, 0.2) is 40.9 Å². The first-order chi connectivity index (χ1) is 9.02. The van der Waals surface area contributed by atoms with Crippen molar-refractivity contribution in [3.05, 3.63) is 63.4 Å². The average Bonchev–Trinajstić information content (AvgIpc) is 2.41. The van der Waals surface area contributed by atoms with Gasteiger partial charge in [-0.15, -0.1) is 11.6 Å². The third-order valence-corrected chi connectivity index (χ3v) is 4.06. The predicted molar refractivity (Wildman–Crippen MR) is 79.5 cm³/mol. The number of ether oxygens (including phenoxy) is 1. The molecule has 0 aliphatic rings. The maximum atomic E-state index is 13.2. The van der Waals surface area contributed by atoms with E-state index in [2.05, 4.69) is 15.9 Å². The van der Waals surface area contributed by atoms with E-state index in [1.165, 1.54) is 6.07 Å². The van der Waals surface area contributed by atoms with Crippen LogP contribution in [0.1, 0.15) is 22.1 Å². The minimum atomic E-state index is -0.318. The van der Waals surface area contributed by atoms with E-state index in [1.807, 2.05) is 25.1 Å². The molecule has 0 bridgehead atoms. The summed E-state index contributed by atoms with van der Waals surface area (Å²) in [4.78, 5) is 0. The molecule has 0 saturated carbocycles. The number of hydrogen-bond acceptors (Lipinski definition) is 1. The Morgan fingerprint density at radius 3 is 2.37 bits per heavy atom. The Morgan fingerprint density at radius 2 is 1.79 bits per heavy atom. The van der Waals surface area contributed by atoms with Crippen molar-refractivity contribution in [2.75, 3.05) is 7.11 Å². The molecule has 0 radical (unpaired) electrons. The Labute approximate surface area is 125 Å². The molecule has 1 nitrogen and oxygen atoms in total. The Balaban J connectivity index is 2.35. The van der Waals surface area contributed by atoms with Crippen LogP contribution in [0.4, 0.5) is 4.39 Å². The summed E-state index contributed by atoms with van der Waals surface area (Å²) in [6.45, 7) is 1.96. The third kappa shape index (κ3) is 3.10. The molecular weight excluding hydrogens is 331 g/mol. The van der Waals surface area contributed by atoms with Gasteiger partial charge in [0.2, 0.25) is 0 Å². The normalized spacial score (nSPS) is 12.3. The van der Waals surface area contributed by atoms with Gasteiger partial charge in [0.05, 0.1) is 17.0 Å². The molecule has 0 fully saturated rings. The Hall–Kier alpha value is -1.06. The van der Waals surface area contributed by atoms with Crippen molar-refractivity contribution in [2.24, 2.45) is 0 Å². The van der Waals surface area contributed by atoms with Crippen LogP contribution in [0.25, 0.3) is 0 Å². The van der Waals surface area contributed by atoms with E-state index in [-0.39, 0.29) is 11.2 Å². The number of rotatable bonds is 3. The second kappa shape index (κ2) is 5.93. The first-order valence-corrected chi connectivity index (χ1v) is 6.99. The highest BCUT2D eigenvalue weighted by atomic mass is 79.9. The standard InChI is InChI=1S/C15H13BrClFO/c1-9-7-10(4-6-14(9)19-2)15(17)11-3-5-13(18)12(16)8-11/h3-8,15H,1-2H3. The fraction of sp³-hybridized carbons (Fsp3) is 0.200. The molecule has 4 heteroatoms. The van der Waals surface area contributed by atoms with Gasteiger partial charge in [0.1, 0.15) is 11.6 Å². The van der Waals surface area contributed by atoms with E-state index in [0.717, 1.165) is 22.4 Å². The molecule has 0 aromatic heterocycles. The molecule has 0 amide bonds. The van der Waals surface area contributed by atoms with Gasteiger partial charge >= 0.3 is 0 Å². The Bertz CT molecular complexity index is 601. The lowest BCUT2D eigenvalue weighted by Gasteiger charge is -2.13. The fourth-order valence-corrected chi connectivity index (χ4v) is 2.59. The van der Waals surface area contributed by atoms with Gasteiger partial charge in [-0.3, -0.25) is 0 Å². The van der Waals surface area contributed by atoms with Gasteiger partial charge in [-0.25, -0.2) is 4.39 Å². The molecule has 2 aromatic rings. The van der Waals surface area contributed by atoms with Gasteiger partial charge in [0, 0.05) is 0 Å². The van der Waals surface area contributed by atoms with Crippen molar-refractivity contribution in [1.82, 2.24) is 0 Å². The lowest BCUT2D eigenvalue weighted by Crippen LogP contribution is -1.96. The molecule has 19 heavy (non-hydrogen) atoms. The van der Waals surface area contributed by atoms with Gasteiger partial charge in [-0.2, -0.15) is 0 Å². The van der Waals surface area contributed by atoms with Gasteiger partial charge in [0.25, 0.3) is 0 Å². The number of hydrogen-bond donors (Lipinski definition) is 0. The summed E-state index contributed by atoms with van der Waals surface area (Å²) in [6.07, 6.45) is 0. The number of methoxy groups -OCH3 is 1. The second-order valence-electron chi connectivity index (χ2n) is 4.27. The van der Waals surface area contributed by atoms with Crippen molar-refractivity contribution < 1.29 is 9.13 Å². The molecule has 0 spiro atoms. The largest absolute Gasteiger partial charge is 0.496 e. The zero-order valence-electron chi connectivity index (χ0n) is 10.6. The molecule has 0 aliphatic carbocycles. The zero-order chi connectivity index (χ0) is 14.0. The second-order valence-corrected chi connectivity index (χ2v) is 5.56. The van der Waals surface area contributed by atoms with E-state index in [9.17, 15) is 4.39 Å². The monoisotopic (exact) mass is 342 g/mol. The minimum absolute atomic E-state index is 0.293. The highest BCUT2D eigenvalue weighted by molar-refractivity contribution is 9.10. The molecule has 1 atom stereocenters. The van der Waals surface area contributed by atoms with Crippen molar-refractivity contribution in [3.63, 3.8) is 0 Å². The summed E-state index contributed by atoms with van der Waals surface area (Å²) < 4.78 is 18.9. The molecule has 2 aromatic carbocycles. The van der Waals surface area contributed by atoms with Gasteiger partial charge < -0.3 is 4.74 Å². The molecule has 0 aliphatic heterocycles. The van der Waals surface area contributed by atoms with Crippen molar-refractivity contribution in [1.29, 1.82) is 0 Å². The van der Waals surface area contributed by atoms with Gasteiger partial charge in [0.15, 0.2) is 0 Å². The van der Waals surface area contributed by atoms with Crippen LogP contribution >= 0.6 is 27.5 Å². The number of aryl methyl sites for hydroxylation is 1. The van der Waals surface area contributed by atoms with E-state index in [0.29, 0.717) is 4.47 Å². The summed E-state index contributed by atoms with van der Waals surface area (Å²) in [7, 11) is 1.64. The van der Waals surface area contributed by atoms with Crippen LogP contribution in [-0.2, 0) is 0 Å². The molecule has 0 heterocycles. The van der Waals surface area contributed by atoms with E-state index in [4.69, 9.17) is 16.3 Å². The van der Waals surface area contributed by atoms with Crippen LogP contribution < -0.4 is 4.74 Å². The summed E-state index contributed by atoms with van der Waals surface area (Å²) >= 11 is 9.61. The smallest absolute Gasteiger partial charge is 0.137 e. The van der Waals surface area contributed by atoms with Crippen LogP contribution in [0, 0.1) is 12.7 Å². The highest BCUT2D eigenvalue weighted by Crippen LogP contribution is 2.33. The summed E-state index contributed by atoms with van der Waals surface area (Å²) in [5.41, 5.74) is 2.82. The maximum absolute atomic E-state index is 13.2. The van der Waals surface area contributed by atoms with Crippen LogP contribution in [0.5, 0.6) is 5.75 Å². The number of alkyl halides is 1. The predicted octanol–water partition coefficient (Wildman–Crippen LogP) is 5.23. The fourth-order valence-electron chi connectivity index (χ4n) is 1.92. The quantitative estimate of drug-likeness (QED) is 0.693. The van der Waals surface area contributed by atoms with E-state index in [1.54, 1.807) is 19.2 Å². The lowest BCUT2D eigenvalue weighted by molar-refractivity contribution is 0.411. The summed E-state index contributed by atoms with van der Waals surface area (Å²) in [5.74, 6) is 0.534. The van der Waals surface area contributed by atoms with E-state index >= 15 is 0 Å². The maximum Gasteiger partial charge on any atom is 0.137 e. The van der Waals surface area contributed by atoms with Gasteiger partial charge in [-0.05, 0) is 57.7 Å². The topological polar surface area (TPSA) is 9.23 Å². The van der Waals surface area contributed by atoms with E-state index < -0.39 is 0 Å². The molecule has 100 valence electrons. The molecule has 0 saturated heterocycles. The Kier molecular flexibility index (Phi) is 4.48. The minimum Gasteiger partial charge on any atom is -0.496 e. The van der Waals surface area contributed by atoms with Gasteiger partial charge in [-0.1, -0.05) is 18.2 Å². The van der Waals surface area contributed by atoms with Crippen LogP contribution in [0.2, 0.25) is 0 Å². The Morgan fingerprint density at radius 1 is 1.16 bits per heavy atom. The van der Waals surface area contributed by atoms with Crippen molar-refractivity contribution in [2.45, 2.75) is 12.3 Å². The highest BCUT2D eigenvalue weighted by Gasteiger charge is 2.13. The zero-order valence-corrected chi connectivity index (χ0v) is 12.9. The van der Waals surface area contributed by atoms with Crippen LogP contribution in [-0.4, -0.2) is 7.11 Å². The van der Waals surface area contributed by atoms with Crippen LogP contribution in [0.3, 0.4) is 0 Å². The third-order valence-electron chi connectivity index (χ3n) is 2.95. The molecule has 2 rings (SSSR count). The van der Waals surface area contributed by atoms with Crippen molar-refractivity contribution in [3.8, 4) is 5.75 Å². The van der Waals surface area contributed by atoms with Crippen molar-refractivity contribution >= 4 is 27.5 Å². The summed E-state index contributed by atoms with van der Waals surface area (Å²) in [5, 5.41) is -0.318.